The van der Waals surface area contributed by atoms with Crippen molar-refractivity contribution in [1.29, 1.82) is 0 Å². The van der Waals surface area contributed by atoms with Crippen molar-refractivity contribution in [3.8, 4) is 5.75 Å². The molecule has 1 aliphatic carbocycles. The van der Waals surface area contributed by atoms with Crippen LogP contribution < -0.4 is 4.74 Å². The van der Waals surface area contributed by atoms with Gasteiger partial charge in [0.2, 0.25) is 0 Å². The quantitative estimate of drug-likeness (QED) is 0.586. The number of carbonyl (C=O) groups is 1. The van der Waals surface area contributed by atoms with Gasteiger partial charge in [0.15, 0.2) is 0 Å². The van der Waals surface area contributed by atoms with Crippen molar-refractivity contribution in [3.05, 3.63) is 36.0 Å². The van der Waals surface area contributed by atoms with Crippen LogP contribution >= 0.6 is 0 Å². The molecule has 174 valence electrons. The first-order valence-corrected chi connectivity index (χ1v) is 11.9. The summed E-state index contributed by atoms with van der Waals surface area (Å²) in [5.41, 5.74) is 2.40. The Bertz CT molecular complexity index is 923. The van der Waals surface area contributed by atoms with Crippen LogP contribution in [0.5, 0.6) is 5.75 Å². The van der Waals surface area contributed by atoms with E-state index in [-0.39, 0.29) is 6.10 Å². The normalized spacial score (nSPS) is 23.2. The van der Waals surface area contributed by atoms with Crippen molar-refractivity contribution < 1.29 is 19.4 Å². The van der Waals surface area contributed by atoms with E-state index in [1.807, 2.05) is 6.07 Å². The Kier molecular flexibility index (Phi) is 6.89. The van der Waals surface area contributed by atoms with Crippen molar-refractivity contribution in [2.24, 2.45) is 11.3 Å². The molecular formula is C26H36N2O4. The minimum Gasteiger partial charge on any atom is -0.490 e. The van der Waals surface area contributed by atoms with Gasteiger partial charge in [-0.15, -0.1) is 0 Å². The Balaban J connectivity index is 1.31. The molecule has 1 aromatic carbocycles. The summed E-state index contributed by atoms with van der Waals surface area (Å²) in [5, 5.41) is 9.86. The van der Waals surface area contributed by atoms with Gasteiger partial charge in [-0.3, -0.25) is 9.88 Å². The highest BCUT2D eigenvalue weighted by atomic mass is 16.7. The lowest BCUT2D eigenvalue weighted by atomic mass is 9.72. The lowest BCUT2D eigenvalue weighted by Crippen LogP contribution is -2.37. The fraction of sp³-hybridized carbons (Fsp3) is 0.615. The van der Waals surface area contributed by atoms with Gasteiger partial charge in [-0.05, 0) is 74.1 Å². The number of piperidine rings is 1. The molecule has 0 atom stereocenters. The maximum atomic E-state index is 10.7. The first-order chi connectivity index (χ1) is 15.3. The Morgan fingerprint density at radius 2 is 1.75 bits per heavy atom. The van der Waals surface area contributed by atoms with Crippen molar-refractivity contribution >= 4 is 17.1 Å². The number of hydrogen-bond donors (Lipinski definition) is 1. The molecule has 2 fully saturated rings. The van der Waals surface area contributed by atoms with E-state index in [9.17, 15) is 4.79 Å². The SMILES string of the molecule is CC(C)(C)[C@H]1CC[C@H](Oc2ccc3nc(CN4CCC(OC(=O)O)CC4)ccc3c2)CC1. The molecule has 2 aliphatic rings. The van der Waals surface area contributed by atoms with E-state index >= 15 is 0 Å². The first-order valence-electron chi connectivity index (χ1n) is 11.9. The van der Waals surface area contributed by atoms with Crippen LogP contribution in [0, 0.1) is 11.3 Å². The Hall–Kier alpha value is -2.34. The van der Waals surface area contributed by atoms with Crippen LogP contribution in [0.15, 0.2) is 30.3 Å². The zero-order valence-electron chi connectivity index (χ0n) is 19.5. The van der Waals surface area contributed by atoms with Gasteiger partial charge >= 0.3 is 6.16 Å². The van der Waals surface area contributed by atoms with Crippen molar-refractivity contribution in [1.82, 2.24) is 9.88 Å². The van der Waals surface area contributed by atoms with Gasteiger partial charge in [-0.25, -0.2) is 4.79 Å². The second-order valence-electron chi connectivity index (χ2n) is 10.5. The molecule has 2 heterocycles. The maximum absolute atomic E-state index is 10.7. The first kappa shape index (κ1) is 22.8. The van der Waals surface area contributed by atoms with E-state index in [0.717, 1.165) is 73.6 Å². The van der Waals surface area contributed by atoms with Gasteiger partial charge < -0.3 is 14.6 Å². The molecule has 1 N–H and O–H groups in total. The zero-order valence-corrected chi connectivity index (χ0v) is 19.5. The number of hydrogen-bond acceptors (Lipinski definition) is 5. The van der Waals surface area contributed by atoms with Crippen LogP contribution in [-0.4, -0.2) is 46.4 Å². The summed E-state index contributed by atoms with van der Waals surface area (Å²) in [7, 11) is 0. The van der Waals surface area contributed by atoms with Gasteiger partial charge in [0.05, 0.1) is 17.3 Å². The number of nitrogens with zero attached hydrogens (tertiary/aromatic N) is 2. The third-order valence-electron chi connectivity index (χ3n) is 7.11. The molecule has 1 saturated heterocycles. The molecule has 1 saturated carbocycles. The Labute approximate surface area is 190 Å². The van der Waals surface area contributed by atoms with Gasteiger partial charge in [0.25, 0.3) is 0 Å². The van der Waals surface area contributed by atoms with Crippen molar-refractivity contribution in [3.63, 3.8) is 0 Å². The highest BCUT2D eigenvalue weighted by molar-refractivity contribution is 5.80. The van der Waals surface area contributed by atoms with E-state index in [1.54, 1.807) is 0 Å². The molecule has 1 aliphatic heterocycles. The van der Waals surface area contributed by atoms with E-state index in [4.69, 9.17) is 19.6 Å². The monoisotopic (exact) mass is 440 g/mol. The van der Waals surface area contributed by atoms with Crippen LogP contribution in [0.25, 0.3) is 10.9 Å². The maximum Gasteiger partial charge on any atom is 0.506 e. The van der Waals surface area contributed by atoms with Gasteiger partial charge in [-0.1, -0.05) is 26.8 Å². The summed E-state index contributed by atoms with van der Waals surface area (Å²) in [4.78, 5) is 17.8. The average Bonchev–Trinajstić information content (AvgIpc) is 2.75. The molecule has 32 heavy (non-hydrogen) atoms. The number of fused-ring (bicyclic) bond motifs is 1. The molecule has 0 bridgehead atoms. The average molecular weight is 441 g/mol. The van der Waals surface area contributed by atoms with Crippen molar-refractivity contribution in [2.75, 3.05) is 13.1 Å². The highest BCUT2D eigenvalue weighted by Gasteiger charge is 2.30. The number of pyridine rings is 1. The third-order valence-corrected chi connectivity index (χ3v) is 7.11. The summed E-state index contributed by atoms with van der Waals surface area (Å²) >= 11 is 0. The third kappa shape index (κ3) is 5.91. The Morgan fingerprint density at radius 1 is 1.03 bits per heavy atom. The smallest absolute Gasteiger partial charge is 0.490 e. The number of benzene rings is 1. The fourth-order valence-electron chi connectivity index (χ4n) is 5.10. The number of ether oxygens (including phenoxy) is 2. The fourth-order valence-corrected chi connectivity index (χ4v) is 5.10. The molecular weight excluding hydrogens is 404 g/mol. The van der Waals surface area contributed by atoms with Crippen LogP contribution in [0.2, 0.25) is 0 Å². The molecule has 0 radical (unpaired) electrons. The van der Waals surface area contributed by atoms with Crippen LogP contribution in [0.3, 0.4) is 0 Å². The van der Waals surface area contributed by atoms with E-state index in [0.29, 0.717) is 11.5 Å². The van der Waals surface area contributed by atoms with Crippen LogP contribution in [0.1, 0.15) is 65.0 Å². The summed E-state index contributed by atoms with van der Waals surface area (Å²) in [6.45, 7) is 9.45. The van der Waals surface area contributed by atoms with Gasteiger partial charge in [-0.2, -0.15) is 0 Å². The molecule has 2 aromatic rings. The minimum absolute atomic E-state index is 0.185. The number of likely N-dealkylation sites (tertiary alicyclic amines) is 1. The number of rotatable bonds is 5. The summed E-state index contributed by atoms with van der Waals surface area (Å²) in [5.74, 6) is 1.73. The summed E-state index contributed by atoms with van der Waals surface area (Å²) < 4.78 is 11.2. The minimum atomic E-state index is -1.18. The Morgan fingerprint density at radius 3 is 2.41 bits per heavy atom. The number of aromatic nitrogens is 1. The molecule has 6 heteroatoms. The lowest BCUT2D eigenvalue weighted by Gasteiger charge is -2.36. The second-order valence-corrected chi connectivity index (χ2v) is 10.5. The van der Waals surface area contributed by atoms with E-state index in [1.165, 1.54) is 12.8 Å². The van der Waals surface area contributed by atoms with Gasteiger partial charge in [0, 0.05) is 25.0 Å². The molecule has 0 spiro atoms. The molecule has 0 amide bonds. The highest BCUT2D eigenvalue weighted by Crippen LogP contribution is 2.39. The number of carboxylic acid groups (broad SMARTS) is 1. The summed E-state index contributed by atoms with van der Waals surface area (Å²) in [6, 6.07) is 10.4. The largest absolute Gasteiger partial charge is 0.506 e. The lowest BCUT2D eigenvalue weighted by molar-refractivity contribution is 0.0184. The molecule has 0 unspecified atom stereocenters. The second kappa shape index (κ2) is 9.65. The van der Waals surface area contributed by atoms with E-state index < -0.39 is 6.16 Å². The summed E-state index contributed by atoms with van der Waals surface area (Å²) in [6.07, 6.45) is 5.16. The zero-order chi connectivity index (χ0) is 22.7. The van der Waals surface area contributed by atoms with Crippen LogP contribution in [0.4, 0.5) is 4.79 Å². The molecule has 1 aromatic heterocycles. The van der Waals surface area contributed by atoms with E-state index in [2.05, 4.69) is 49.9 Å². The van der Waals surface area contributed by atoms with Crippen molar-refractivity contribution in [2.45, 2.75) is 78.0 Å². The predicted octanol–water partition coefficient (Wildman–Crippen LogP) is 5.88. The topological polar surface area (TPSA) is 71.9 Å². The van der Waals surface area contributed by atoms with Crippen LogP contribution in [-0.2, 0) is 11.3 Å². The van der Waals surface area contributed by atoms with Gasteiger partial charge in [0.1, 0.15) is 11.9 Å². The molecule has 4 rings (SSSR count). The predicted molar refractivity (Wildman–Crippen MR) is 125 cm³/mol. The standard InChI is InChI=1S/C26H36N2O4/c1-26(2,3)19-5-8-21(9-6-19)31-23-10-11-24-18(16-23)4-7-20(27-24)17-28-14-12-22(13-15-28)32-25(29)30/h4,7,10-11,16,19,21-22H,5-6,8-9,12-15,17H2,1-3H3,(H,29,30)/t19-,21-. The molecule has 6 nitrogen and oxygen atoms in total.